The molecule has 1 saturated heterocycles. The van der Waals surface area contributed by atoms with Crippen LogP contribution in [0.25, 0.3) is 11.8 Å². The molecule has 0 atom stereocenters. The van der Waals surface area contributed by atoms with E-state index in [0.29, 0.717) is 5.02 Å². The second-order valence-corrected chi connectivity index (χ2v) is 8.81. The van der Waals surface area contributed by atoms with Crippen molar-refractivity contribution in [3.63, 3.8) is 0 Å². The summed E-state index contributed by atoms with van der Waals surface area (Å²) in [6, 6.07) is 6.87. The smallest absolute Gasteiger partial charge is 0.318 e. The summed E-state index contributed by atoms with van der Waals surface area (Å²) >= 11 is 6.22. The number of nitrogens with one attached hydrogen (secondary N) is 1. The molecule has 1 aromatic carbocycles. The van der Waals surface area contributed by atoms with Gasteiger partial charge >= 0.3 is 6.03 Å². The Morgan fingerprint density at radius 2 is 1.74 bits per heavy atom. The number of halogens is 1. The number of urea groups is 1. The number of carbonyl (C=O) groups excluding carboxylic acids is 3. The zero-order valence-electron chi connectivity index (χ0n) is 18.0. The van der Waals surface area contributed by atoms with E-state index < -0.39 is 17.8 Å². The number of hydrogen-bond donors (Lipinski definition) is 1. The molecule has 0 spiro atoms. The highest BCUT2D eigenvalue weighted by atomic mass is 35.5. The SMILES string of the molecule is Cc1ccc(Cl)cc1-n1c(C)cc(C=C2C(=O)NC(=O)N(C3CCCCC3)C2=O)c1C. The first-order chi connectivity index (χ1) is 14.8. The van der Waals surface area contributed by atoms with Crippen molar-refractivity contribution >= 4 is 35.5 Å². The van der Waals surface area contributed by atoms with Gasteiger partial charge in [-0.25, -0.2) is 4.79 Å². The molecule has 6 nitrogen and oxygen atoms in total. The standard InChI is InChI=1S/C24H26ClN3O3/c1-14-9-10-18(25)13-21(14)27-15(2)11-17(16(27)3)12-20-22(29)26-24(31)28(23(20)30)19-7-5-4-6-8-19/h9-13,19H,4-8H2,1-3H3,(H,26,29,31). The van der Waals surface area contributed by atoms with Gasteiger partial charge in [0.25, 0.3) is 11.8 Å². The maximum Gasteiger partial charge on any atom is 0.331 e. The van der Waals surface area contributed by atoms with Crippen molar-refractivity contribution in [1.29, 1.82) is 0 Å². The van der Waals surface area contributed by atoms with Crippen molar-refractivity contribution in [2.75, 3.05) is 0 Å². The van der Waals surface area contributed by atoms with Crippen LogP contribution in [0.2, 0.25) is 5.02 Å². The van der Waals surface area contributed by atoms with Crippen molar-refractivity contribution < 1.29 is 14.4 Å². The van der Waals surface area contributed by atoms with E-state index in [0.717, 1.165) is 60.3 Å². The normalized spacial score (nSPS) is 19.3. The third-order valence-electron chi connectivity index (χ3n) is 6.26. The number of rotatable bonds is 3. The molecule has 4 amide bonds. The van der Waals surface area contributed by atoms with Crippen molar-refractivity contribution in [2.24, 2.45) is 0 Å². The lowest BCUT2D eigenvalue weighted by Crippen LogP contribution is -2.58. The fourth-order valence-electron chi connectivity index (χ4n) is 4.63. The van der Waals surface area contributed by atoms with Gasteiger partial charge in [0.1, 0.15) is 5.57 Å². The summed E-state index contributed by atoms with van der Waals surface area (Å²) in [7, 11) is 0. The van der Waals surface area contributed by atoms with Crippen LogP contribution < -0.4 is 5.32 Å². The van der Waals surface area contributed by atoms with E-state index in [1.807, 2.05) is 45.0 Å². The number of barbiturate groups is 1. The van der Waals surface area contributed by atoms with Crippen molar-refractivity contribution in [3.05, 3.63) is 57.4 Å². The Hall–Kier alpha value is -2.86. The maximum atomic E-state index is 13.2. The lowest BCUT2D eigenvalue weighted by molar-refractivity contribution is -0.132. The molecule has 1 aromatic heterocycles. The van der Waals surface area contributed by atoms with Gasteiger partial charge in [-0.2, -0.15) is 0 Å². The van der Waals surface area contributed by atoms with E-state index in [2.05, 4.69) is 9.88 Å². The largest absolute Gasteiger partial charge is 0.331 e. The molecule has 0 radical (unpaired) electrons. The highest BCUT2D eigenvalue weighted by Gasteiger charge is 2.40. The fourth-order valence-corrected chi connectivity index (χ4v) is 4.79. The molecule has 0 unspecified atom stereocenters. The third kappa shape index (κ3) is 3.92. The van der Waals surface area contributed by atoms with E-state index in [1.54, 1.807) is 6.08 Å². The van der Waals surface area contributed by atoms with Crippen LogP contribution >= 0.6 is 11.6 Å². The maximum absolute atomic E-state index is 13.2. The number of imide groups is 2. The molecular formula is C24H26ClN3O3. The molecule has 2 aliphatic rings. The number of aromatic nitrogens is 1. The molecule has 1 aliphatic carbocycles. The molecule has 1 N–H and O–H groups in total. The van der Waals surface area contributed by atoms with Gasteiger partial charge in [0, 0.05) is 28.1 Å². The van der Waals surface area contributed by atoms with Crippen LogP contribution in [0.3, 0.4) is 0 Å². The van der Waals surface area contributed by atoms with Crippen molar-refractivity contribution in [2.45, 2.75) is 58.9 Å². The van der Waals surface area contributed by atoms with Crippen LogP contribution in [0, 0.1) is 20.8 Å². The average molecular weight is 440 g/mol. The van der Waals surface area contributed by atoms with Crippen LogP contribution in [0.4, 0.5) is 4.79 Å². The molecule has 2 fully saturated rings. The zero-order valence-corrected chi connectivity index (χ0v) is 18.8. The summed E-state index contributed by atoms with van der Waals surface area (Å²) < 4.78 is 2.06. The highest BCUT2D eigenvalue weighted by molar-refractivity contribution is 6.31. The lowest BCUT2D eigenvalue weighted by Gasteiger charge is -2.35. The Kier molecular flexibility index (Phi) is 5.75. The van der Waals surface area contributed by atoms with E-state index in [4.69, 9.17) is 11.6 Å². The van der Waals surface area contributed by atoms with Crippen LogP contribution in [0.1, 0.15) is 54.6 Å². The van der Waals surface area contributed by atoms with E-state index in [1.165, 1.54) is 4.90 Å². The predicted molar refractivity (Wildman–Crippen MR) is 120 cm³/mol. The van der Waals surface area contributed by atoms with Gasteiger partial charge in [-0.1, -0.05) is 36.9 Å². The van der Waals surface area contributed by atoms with Crippen LogP contribution in [0.5, 0.6) is 0 Å². The van der Waals surface area contributed by atoms with Gasteiger partial charge in [-0.15, -0.1) is 0 Å². The number of aryl methyl sites for hydroxylation is 2. The van der Waals surface area contributed by atoms with Gasteiger partial charge in [-0.3, -0.25) is 19.8 Å². The number of hydrogen-bond acceptors (Lipinski definition) is 3. The average Bonchev–Trinajstić information content (AvgIpc) is 3.00. The molecule has 162 valence electrons. The predicted octanol–water partition coefficient (Wildman–Crippen LogP) is 4.85. The third-order valence-corrected chi connectivity index (χ3v) is 6.49. The first-order valence-electron chi connectivity index (χ1n) is 10.6. The molecular weight excluding hydrogens is 414 g/mol. The summed E-state index contributed by atoms with van der Waals surface area (Å²) in [5.41, 5.74) is 4.61. The van der Waals surface area contributed by atoms with Gasteiger partial charge in [0.05, 0.1) is 0 Å². The number of nitrogens with zero attached hydrogens (tertiary/aromatic N) is 2. The van der Waals surface area contributed by atoms with Gasteiger partial charge in [-0.05, 0) is 69.0 Å². The minimum atomic E-state index is -0.647. The Morgan fingerprint density at radius 1 is 1.03 bits per heavy atom. The second-order valence-electron chi connectivity index (χ2n) is 8.38. The lowest BCUT2D eigenvalue weighted by atomic mass is 9.93. The van der Waals surface area contributed by atoms with Gasteiger partial charge < -0.3 is 4.57 Å². The minimum absolute atomic E-state index is 0.00626. The highest BCUT2D eigenvalue weighted by Crippen LogP contribution is 2.29. The Balaban J connectivity index is 1.74. The molecule has 4 rings (SSSR count). The summed E-state index contributed by atoms with van der Waals surface area (Å²) in [6.07, 6.45) is 6.23. The summed E-state index contributed by atoms with van der Waals surface area (Å²) in [5.74, 6) is -1.16. The van der Waals surface area contributed by atoms with Crippen LogP contribution in [-0.4, -0.2) is 33.4 Å². The van der Waals surface area contributed by atoms with E-state index in [-0.39, 0.29) is 11.6 Å². The Bertz CT molecular complexity index is 1110. The van der Waals surface area contributed by atoms with Crippen molar-refractivity contribution in [3.8, 4) is 5.69 Å². The summed E-state index contributed by atoms with van der Waals surface area (Å²) in [4.78, 5) is 39.4. The molecule has 31 heavy (non-hydrogen) atoms. The first-order valence-corrected chi connectivity index (χ1v) is 11.0. The van der Waals surface area contributed by atoms with Crippen LogP contribution in [-0.2, 0) is 9.59 Å². The molecule has 0 bridgehead atoms. The van der Waals surface area contributed by atoms with E-state index in [9.17, 15) is 14.4 Å². The topological polar surface area (TPSA) is 71.4 Å². The monoisotopic (exact) mass is 439 g/mol. The zero-order chi connectivity index (χ0) is 22.3. The number of benzene rings is 1. The minimum Gasteiger partial charge on any atom is -0.318 e. The van der Waals surface area contributed by atoms with Gasteiger partial charge in [0.2, 0.25) is 0 Å². The Labute approximate surface area is 186 Å². The fraction of sp³-hybridized carbons (Fsp3) is 0.375. The molecule has 1 aliphatic heterocycles. The van der Waals surface area contributed by atoms with Gasteiger partial charge in [0.15, 0.2) is 0 Å². The van der Waals surface area contributed by atoms with E-state index >= 15 is 0 Å². The molecule has 7 heteroatoms. The molecule has 1 saturated carbocycles. The number of carbonyl (C=O) groups is 3. The summed E-state index contributed by atoms with van der Waals surface area (Å²) in [6.45, 7) is 5.92. The summed E-state index contributed by atoms with van der Waals surface area (Å²) in [5, 5.41) is 2.99. The van der Waals surface area contributed by atoms with Crippen LogP contribution in [0.15, 0.2) is 29.8 Å². The second kappa shape index (κ2) is 8.35. The van der Waals surface area contributed by atoms with Crippen molar-refractivity contribution in [1.82, 2.24) is 14.8 Å². The molecule has 2 aromatic rings. The molecule has 2 heterocycles. The first kappa shape index (κ1) is 21.4. The quantitative estimate of drug-likeness (QED) is 0.548. The Morgan fingerprint density at radius 3 is 2.45 bits per heavy atom. The number of amides is 4.